The first-order chi connectivity index (χ1) is 10.2. The molecule has 0 aliphatic heterocycles. The average Bonchev–Trinajstić information content (AvgIpc) is 2.93. The van der Waals surface area contributed by atoms with Gasteiger partial charge in [-0.1, -0.05) is 17.4 Å². The SMILES string of the molecule is NC(=O)c1sc(Nc2ncccn2)nc1-c1ccccn1. The minimum Gasteiger partial charge on any atom is -0.365 e. The number of nitrogens with two attached hydrogens (primary N) is 1. The fourth-order valence-electron chi connectivity index (χ4n) is 1.68. The molecule has 3 aromatic rings. The van der Waals surface area contributed by atoms with E-state index in [1.165, 1.54) is 0 Å². The fourth-order valence-corrected chi connectivity index (χ4v) is 2.50. The number of carbonyl (C=O) groups excluding carboxylic acids is 1. The van der Waals surface area contributed by atoms with Gasteiger partial charge in [0.1, 0.15) is 10.6 Å². The third-order valence-electron chi connectivity index (χ3n) is 2.54. The highest BCUT2D eigenvalue weighted by molar-refractivity contribution is 7.18. The predicted octanol–water partition coefficient (Wildman–Crippen LogP) is 1.84. The van der Waals surface area contributed by atoms with Crippen LogP contribution in [0.25, 0.3) is 11.4 Å². The average molecular weight is 298 g/mol. The number of rotatable bonds is 4. The lowest BCUT2D eigenvalue weighted by molar-refractivity contribution is 0.100. The molecule has 0 aliphatic rings. The van der Waals surface area contributed by atoms with Crippen molar-refractivity contribution in [3.05, 3.63) is 47.7 Å². The molecular weight excluding hydrogens is 288 g/mol. The lowest BCUT2D eigenvalue weighted by Crippen LogP contribution is -2.10. The van der Waals surface area contributed by atoms with Crippen molar-refractivity contribution in [2.45, 2.75) is 0 Å². The molecule has 21 heavy (non-hydrogen) atoms. The quantitative estimate of drug-likeness (QED) is 0.761. The Morgan fingerprint density at radius 2 is 1.86 bits per heavy atom. The summed E-state index contributed by atoms with van der Waals surface area (Å²) in [5.41, 5.74) is 6.44. The number of hydrogen-bond donors (Lipinski definition) is 2. The molecule has 0 radical (unpaired) electrons. The minimum absolute atomic E-state index is 0.340. The summed E-state index contributed by atoms with van der Waals surface area (Å²) in [5.74, 6) is -0.148. The van der Waals surface area contributed by atoms with Crippen LogP contribution >= 0.6 is 11.3 Å². The summed E-state index contributed by atoms with van der Waals surface area (Å²) in [6, 6.07) is 7.09. The largest absolute Gasteiger partial charge is 0.365 e. The van der Waals surface area contributed by atoms with Crippen LogP contribution in [0.4, 0.5) is 11.1 Å². The van der Waals surface area contributed by atoms with Gasteiger partial charge in [0.15, 0.2) is 5.13 Å². The summed E-state index contributed by atoms with van der Waals surface area (Å²) in [6.07, 6.45) is 4.85. The highest BCUT2D eigenvalue weighted by Crippen LogP contribution is 2.30. The molecule has 0 bridgehead atoms. The van der Waals surface area contributed by atoms with Crippen molar-refractivity contribution in [2.24, 2.45) is 5.73 Å². The van der Waals surface area contributed by atoms with Gasteiger partial charge in [-0.3, -0.25) is 9.78 Å². The molecule has 3 N–H and O–H groups in total. The normalized spacial score (nSPS) is 10.3. The van der Waals surface area contributed by atoms with E-state index < -0.39 is 5.91 Å². The van der Waals surface area contributed by atoms with Gasteiger partial charge in [0.2, 0.25) is 5.95 Å². The van der Waals surface area contributed by atoms with Crippen molar-refractivity contribution in [1.82, 2.24) is 19.9 Å². The van der Waals surface area contributed by atoms with E-state index in [2.05, 4.69) is 25.3 Å². The molecule has 0 unspecified atom stereocenters. The standard InChI is InChI=1S/C13H10N6OS/c14-11(20)10-9(8-4-1-2-5-15-8)18-13(21-10)19-12-16-6-3-7-17-12/h1-7H,(H2,14,20)(H,16,17,18,19). The van der Waals surface area contributed by atoms with Gasteiger partial charge in [-0.15, -0.1) is 0 Å². The second-order valence-electron chi connectivity index (χ2n) is 3.97. The monoisotopic (exact) mass is 298 g/mol. The van der Waals surface area contributed by atoms with Crippen molar-refractivity contribution in [3.63, 3.8) is 0 Å². The predicted molar refractivity (Wildman–Crippen MR) is 79.2 cm³/mol. The van der Waals surface area contributed by atoms with Crippen LogP contribution in [-0.2, 0) is 0 Å². The molecule has 0 spiro atoms. The first kappa shape index (κ1) is 13.1. The van der Waals surface area contributed by atoms with E-state index >= 15 is 0 Å². The number of aromatic nitrogens is 4. The van der Waals surface area contributed by atoms with E-state index in [9.17, 15) is 4.79 Å². The molecule has 1 amide bonds. The van der Waals surface area contributed by atoms with Gasteiger partial charge in [-0.25, -0.2) is 15.0 Å². The van der Waals surface area contributed by atoms with Gasteiger partial charge in [0.05, 0.1) is 5.69 Å². The van der Waals surface area contributed by atoms with Gasteiger partial charge < -0.3 is 11.1 Å². The highest BCUT2D eigenvalue weighted by Gasteiger charge is 2.18. The molecule has 0 aromatic carbocycles. The van der Waals surface area contributed by atoms with Gasteiger partial charge in [0.25, 0.3) is 5.91 Å². The molecule has 3 aromatic heterocycles. The number of hydrogen-bond acceptors (Lipinski definition) is 7. The van der Waals surface area contributed by atoms with Crippen LogP contribution in [0, 0.1) is 0 Å². The molecule has 0 aliphatic carbocycles. The highest BCUT2D eigenvalue weighted by atomic mass is 32.1. The van der Waals surface area contributed by atoms with E-state index in [-0.39, 0.29) is 0 Å². The van der Waals surface area contributed by atoms with Crippen LogP contribution in [0.2, 0.25) is 0 Å². The number of primary amides is 1. The van der Waals surface area contributed by atoms with E-state index in [0.717, 1.165) is 11.3 Å². The summed E-state index contributed by atoms with van der Waals surface area (Å²) in [7, 11) is 0. The third kappa shape index (κ3) is 2.84. The Bertz CT molecular complexity index is 759. The van der Waals surface area contributed by atoms with Crippen LogP contribution in [0.1, 0.15) is 9.67 Å². The lowest BCUT2D eigenvalue weighted by Gasteiger charge is -1.98. The van der Waals surface area contributed by atoms with Gasteiger partial charge in [-0.2, -0.15) is 0 Å². The number of thiazole rings is 1. The van der Waals surface area contributed by atoms with Crippen LogP contribution in [0.5, 0.6) is 0 Å². The Morgan fingerprint density at radius 1 is 1.10 bits per heavy atom. The Labute approximate surface area is 123 Å². The molecule has 0 saturated heterocycles. The van der Waals surface area contributed by atoms with E-state index in [1.807, 2.05) is 6.07 Å². The smallest absolute Gasteiger partial charge is 0.261 e. The Kier molecular flexibility index (Phi) is 3.52. The second kappa shape index (κ2) is 5.63. The number of nitrogens with zero attached hydrogens (tertiary/aromatic N) is 4. The first-order valence-corrected chi connectivity index (χ1v) is 6.82. The Balaban J connectivity index is 1.99. The third-order valence-corrected chi connectivity index (χ3v) is 3.53. The number of nitrogens with one attached hydrogen (secondary N) is 1. The molecule has 104 valence electrons. The second-order valence-corrected chi connectivity index (χ2v) is 4.97. The molecule has 0 fully saturated rings. The van der Waals surface area contributed by atoms with Crippen molar-refractivity contribution < 1.29 is 4.79 Å². The van der Waals surface area contributed by atoms with Crippen molar-refractivity contribution in [1.29, 1.82) is 0 Å². The van der Waals surface area contributed by atoms with E-state index in [4.69, 9.17) is 5.73 Å². The van der Waals surface area contributed by atoms with Crippen molar-refractivity contribution in [2.75, 3.05) is 5.32 Å². The van der Waals surface area contributed by atoms with Crippen molar-refractivity contribution in [3.8, 4) is 11.4 Å². The summed E-state index contributed by atoms with van der Waals surface area (Å²) < 4.78 is 0. The van der Waals surface area contributed by atoms with Crippen LogP contribution in [0.15, 0.2) is 42.9 Å². The fraction of sp³-hybridized carbons (Fsp3) is 0. The minimum atomic E-state index is -0.546. The van der Waals surface area contributed by atoms with Gasteiger partial charge in [-0.05, 0) is 18.2 Å². The lowest BCUT2D eigenvalue weighted by atomic mass is 10.2. The summed E-state index contributed by atoms with van der Waals surface area (Å²) >= 11 is 1.14. The maximum Gasteiger partial charge on any atom is 0.261 e. The first-order valence-electron chi connectivity index (χ1n) is 6.00. The molecule has 8 heteroatoms. The number of pyridine rings is 1. The zero-order valence-corrected chi connectivity index (χ0v) is 11.5. The zero-order valence-electron chi connectivity index (χ0n) is 10.7. The molecule has 3 heterocycles. The van der Waals surface area contributed by atoms with Crippen LogP contribution < -0.4 is 11.1 Å². The van der Waals surface area contributed by atoms with E-state index in [0.29, 0.717) is 27.3 Å². The maximum absolute atomic E-state index is 11.6. The number of carbonyl (C=O) groups is 1. The Hall–Kier alpha value is -2.87. The summed E-state index contributed by atoms with van der Waals surface area (Å²) in [6.45, 7) is 0. The molecular formula is C13H10N6OS. The van der Waals surface area contributed by atoms with Crippen LogP contribution in [-0.4, -0.2) is 25.8 Å². The summed E-state index contributed by atoms with van der Waals surface area (Å²) in [5, 5.41) is 3.42. The number of amides is 1. The van der Waals surface area contributed by atoms with Crippen LogP contribution in [0.3, 0.4) is 0 Å². The van der Waals surface area contributed by atoms with E-state index in [1.54, 1.807) is 36.8 Å². The Morgan fingerprint density at radius 3 is 2.52 bits per heavy atom. The maximum atomic E-state index is 11.6. The van der Waals surface area contributed by atoms with Gasteiger partial charge in [0, 0.05) is 18.6 Å². The molecule has 0 atom stereocenters. The summed E-state index contributed by atoms with van der Waals surface area (Å²) in [4.78, 5) is 28.5. The van der Waals surface area contributed by atoms with Crippen molar-refractivity contribution >= 4 is 28.3 Å². The topological polar surface area (TPSA) is 107 Å². The molecule has 7 nitrogen and oxygen atoms in total. The van der Waals surface area contributed by atoms with Gasteiger partial charge >= 0.3 is 0 Å². The molecule has 3 rings (SSSR count). The molecule has 0 saturated carbocycles. The zero-order chi connectivity index (χ0) is 14.7. The number of anilines is 2.